The molecule has 0 saturated carbocycles. The number of amides is 1. The zero-order valence-electron chi connectivity index (χ0n) is 21.6. The fraction of sp³-hybridized carbons (Fsp3) is 0.214. The molecule has 0 aliphatic carbocycles. The highest BCUT2D eigenvalue weighted by Crippen LogP contribution is 2.31. The number of fused-ring (bicyclic) bond motifs is 1. The highest BCUT2D eigenvalue weighted by Gasteiger charge is 2.40. The molecule has 3 N–H and O–H groups in total. The van der Waals surface area contributed by atoms with Crippen molar-refractivity contribution in [2.45, 2.75) is 31.7 Å². The van der Waals surface area contributed by atoms with Crippen LogP contribution in [0.25, 0.3) is 10.9 Å². The average molecular weight is 620 g/mol. The van der Waals surface area contributed by atoms with Gasteiger partial charge in [0.25, 0.3) is 0 Å². The van der Waals surface area contributed by atoms with Gasteiger partial charge in [-0.05, 0) is 31.4 Å². The molecule has 43 heavy (non-hydrogen) atoms. The van der Waals surface area contributed by atoms with Crippen LogP contribution in [0.3, 0.4) is 0 Å². The molecule has 0 bridgehead atoms. The topological polar surface area (TPSA) is 82.2 Å². The van der Waals surface area contributed by atoms with E-state index in [1.54, 1.807) is 24.3 Å². The van der Waals surface area contributed by atoms with E-state index in [9.17, 15) is 58.6 Å². The van der Waals surface area contributed by atoms with Gasteiger partial charge in [0, 0.05) is 40.6 Å². The Morgan fingerprint density at radius 2 is 1.16 bits per heavy atom. The molecule has 0 fully saturated rings. The van der Waals surface area contributed by atoms with Gasteiger partial charge in [0.15, 0.2) is 46.5 Å². The number of aromatic amines is 1. The fourth-order valence-corrected chi connectivity index (χ4v) is 4.62. The van der Waals surface area contributed by atoms with E-state index in [1.807, 2.05) is 5.32 Å². The van der Waals surface area contributed by atoms with Crippen LogP contribution in [0.4, 0.5) is 43.9 Å². The summed E-state index contributed by atoms with van der Waals surface area (Å²) in [4.78, 5) is 28.5. The van der Waals surface area contributed by atoms with Crippen LogP contribution in [0, 0.1) is 64.1 Å². The highest BCUT2D eigenvalue weighted by molar-refractivity contribution is 5.90. The second kappa shape index (κ2) is 11.6. The SMILES string of the molecule is CC(Cc1c[nH]c2ccccc12)(NC(=O)C(Cc1c(F)c(F)c(F)c(F)c1F)Cc1c(F)c(F)c(F)c(F)c1F)C(=O)O. The number of halogens is 10. The molecule has 5 nitrogen and oxygen atoms in total. The van der Waals surface area contributed by atoms with Gasteiger partial charge in [0.2, 0.25) is 17.5 Å². The molecule has 0 saturated heterocycles. The summed E-state index contributed by atoms with van der Waals surface area (Å²) < 4.78 is 141. The Bertz CT molecular complexity index is 1640. The summed E-state index contributed by atoms with van der Waals surface area (Å²) in [6, 6.07) is 6.56. The first-order valence-corrected chi connectivity index (χ1v) is 12.2. The van der Waals surface area contributed by atoms with Crippen LogP contribution >= 0.6 is 0 Å². The molecule has 1 amide bonds. The number of rotatable bonds is 9. The van der Waals surface area contributed by atoms with E-state index in [4.69, 9.17) is 0 Å². The van der Waals surface area contributed by atoms with Crippen LogP contribution in [-0.4, -0.2) is 27.5 Å². The van der Waals surface area contributed by atoms with Crippen molar-refractivity contribution >= 4 is 22.8 Å². The minimum atomic E-state index is -2.56. The van der Waals surface area contributed by atoms with Gasteiger partial charge in [0.05, 0.1) is 0 Å². The van der Waals surface area contributed by atoms with Crippen molar-refractivity contribution < 1.29 is 58.6 Å². The molecule has 15 heteroatoms. The van der Waals surface area contributed by atoms with Crippen LogP contribution in [0.2, 0.25) is 0 Å². The molecule has 0 radical (unpaired) electrons. The fourth-order valence-electron chi connectivity index (χ4n) is 4.62. The Morgan fingerprint density at radius 1 is 0.744 bits per heavy atom. The number of carboxylic acids is 1. The van der Waals surface area contributed by atoms with E-state index < -0.39 is 112 Å². The number of benzene rings is 3. The molecule has 0 spiro atoms. The van der Waals surface area contributed by atoms with Crippen LogP contribution in [-0.2, 0) is 28.9 Å². The minimum absolute atomic E-state index is 0.344. The Labute approximate surface area is 235 Å². The number of aromatic nitrogens is 1. The lowest BCUT2D eigenvalue weighted by molar-refractivity contribution is -0.147. The predicted octanol–water partition coefficient (Wildman–Crippen LogP) is 6.16. The van der Waals surface area contributed by atoms with Crippen molar-refractivity contribution in [3.63, 3.8) is 0 Å². The lowest BCUT2D eigenvalue weighted by atomic mass is 9.87. The van der Waals surface area contributed by atoms with Crippen molar-refractivity contribution in [2.24, 2.45) is 5.92 Å². The van der Waals surface area contributed by atoms with Gasteiger partial charge in [-0.15, -0.1) is 0 Å². The van der Waals surface area contributed by atoms with Crippen LogP contribution in [0.15, 0.2) is 30.5 Å². The van der Waals surface area contributed by atoms with E-state index in [1.165, 1.54) is 6.20 Å². The molecule has 4 aromatic rings. The average Bonchev–Trinajstić information content (AvgIpc) is 3.38. The minimum Gasteiger partial charge on any atom is -0.480 e. The molecule has 0 aliphatic rings. The summed E-state index contributed by atoms with van der Waals surface area (Å²) in [7, 11) is 0. The molecule has 3 aromatic carbocycles. The summed E-state index contributed by atoms with van der Waals surface area (Å²) in [6.45, 7) is 0.989. The number of H-pyrrole nitrogens is 1. The lowest BCUT2D eigenvalue weighted by Gasteiger charge is -2.29. The van der Waals surface area contributed by atoms with E-state index >= 15 is 0 Å². The summed E-state index contributed by atoms with van der Waals surface area (Å²) >= 11 is 0. The third-order valence-corrected chi connectivity index (χ3v) is 6.96. The third-order valence-electron chi connectivity index (χ3n) is 6.96. The second-order valence-corrected chi connectivity index (χ2v) is 9.86. The Hall–Kier alpha value is -4.56. The number of hydrogen-bond acceptors (Lipinski definition) is 2. The van der Waals surface area contributed by atoms with Crippen molar-refractivity contribution in [2.75, 3.05) is 0 Å². The molecule has 0 aliphatic heterocycles. The Morgan fingerprint density at radius 3 is 1.60 bits per heavy atom. The number of carboxylic acid groups (broad SMARTS) is 1. The lowest BCUT2D eigenvalue weighted by Crippen LogP contribution is -2.55. The number of para-hydroxylation sites is 1. The molecule has 4 rings (SSSR count). The number of carbonyl (C=O) groups is 2. The van der Waals surface area contributed by atoms with Gasteiger partial charge >= 0.3 is 5.97 Å². The second-order valence-electron chi connectivity index (χ2n) is 9.86. The Kier molecular flexibility index (Phi) is 8.47. The van der Waals surface area contributed by atoms with Crippen molar-refractivity contribution in [3.8, 4) is 0 Å². The standard InChI is InChI=1S/C28H18F10N2O3/c1-28(27(42)43,8-11-9-39-15-5-3-2-4-12(11)15)40-26(41)10(6-13-16(29)20(33)24(37)21(34)17(13)30)7-14-18(31)22(35)25(38)23(36)19(14)32/h2-5,9-10,39H,6-8H2,1H3,(H,40,41)(H,42,43). The van der Waals surface area contributed by atoms with Crippen LogP contribution in [0.5, 0.6) is 0 Å². The molecule has 1 heterocycles. The van der Waals surface area contributed by atoms with Gasteiger partial charge in [0.1, 0.15) is 5.54 Å². The van der Waals surface area contributed by atoms with Crippen LogP contribution < -0.4 is 5.32 Å². The van der Waals surface area contributed by atoms with Crippen molar-refractivity contribution in [1.82, 2.24) is 10.3 Å². The predicted molar refractivity (Wildman–Crippen MR) is 130 cm³/mol. The summed E-state index contributed by atoms with van der Waals surface area (Å²) in [5.74, 6) is -30.1. The van der Waals surface area contributed by atoms with Crippen molar-refractivity contribution in [1.29, 1.82) is 0 Å². The monoisotopic (exact) mass is 620 g/mol. The first-order chi connectivity index (χ1) is 20.1. The molecule has 228 valence electrons. The maximum atomic E-state index is 14.5. The molecular formula is C28H18F10N2O3. The summed E-state index contributed by atoms with van der Waals surface area (Å²) in [5, 5.41) is 12.5. The first kappa shape index (κ1) is 31.4. The maximum absolute atomic E-state index is 14.5. The van der Waals surface area contributed by atoms with Gasteiger partial charge < -0.3 is 15.4 Å². The summed E-state index contributed by atoms with van der Waals surface area (Å²) in [5.41, 5.74) is -4.64. The zero-order chi connectivity index (χ0) is 32.0. The first-order valence-electron chi connectivity index (χ1n) is 12.2. The maximum Gasteiger partial charge on any atom is 0.329 e. The number of nitrogens with one attached hydrogen (secondary N) is 2. The number of carbonyl (C=O) groups excluding carboxylic acids is 1. The van der Waals surface area contributed by atoms with E-state index in [-0.39, 0.29) is 0 Å². The van der Waals surface area contributed by atoms with Gasteiger partial charge in [-0.25, -0.2) is 48.7 Å². The van der Waals surface area contributed by atoms with Gasteiger partial charge in [-0.1, -0.05) is 18.2 Å². The normalized spacial score (nSPS) is 13.0. The van der Waals surface area contributed by atoms with Crippen molar-refractivity contribution in [3.05, 3.63) is 105 Å². The highest BCUT2D eigenvalue weighted by atomic mass is 19.2. The number of aliphatic carboxylic acids is 1. The molecule has 1 unspecified atom stereocenters. The molecular weight excluding hydrogens is 602 g/mol. The Balaban J connectivity index is 1.79. The molecule has 1 aromatic heterocycles. The van der Waals surface area contributed by atoms with Gasteiger partial charge in [-0.3, -0.25) is 4.79 Å². The quantitative estimate of drug-likeness (QED) is 0.119. The van der Waals surface area contributed by atoms with Crippen LogP contribution in [0.1, 0.15) is 23.6 Å². The number of hydrogen-bond donors (Lipinski definition) is 3. The van der Waals surface area contributed by atoms with E-state index in [0.717, 1.165) is 6.92 Å². The third kappa shape index (κ3) is 5.62. The van der Waals surface area contributed by atoms with Gasteiger partial charge in [-0.2, -0.15) is 0 Å². The smallest absolute Gasteiger partial charge is 0.329 e. The molecule has 1 atom stereocenters. The zero-order valence-corrected chi connectivity index (χ0v) is 21.6. The largest absolute Gasteiger partial charge is 0.480 e. The van der Waals surface area contributed by atoms with E-state index in [2.05, 4.69) is 4.98 Å². The summed E-state index contributed by atoms with van der Waals surface area (Å²) in [6.07, 6.45) is -2.10. The van der Waals surface area contributed by atoms with E-state index in [0.29, 0.717) is 16.5 Å².